The fraction of sp³-hybridized carbons (Fsp3) is 0.227. The number of benzene rings is 2. The number of methoxy groups -OCH3 is 2. The van der Waals surface area contributed by atoms with Crippen LogP contribution >= 0.6 is 11.3 Å². The highest BCUT2D eigenvalue weighted by molar-refractivity contribution is 7.16. The normalized spacial score (nSPS) is 14.3. The van der Waals surface area contributed by atoms with Crippen LogP contribution in [-0.4, -0.2) is 42.5 Å². The van der Waals surface area contributed by atoms with E-state index in [2.05, 4.69) is 4.99 Å². The molecule has 0 spiro atoms. The summed E-state index contributed by atoms with van der Waals surface area (Å²) in [4.78, 5) is 54.6. The molecule has 0 atom stereocenters. The molecule has 0 saturated carbocycles. The number of para-hydroxylation sites is 1. The number of hydrogen-bond donors (Lipinski definition) is 0. The molecule has 9 nitrogen and oxygen atoms in total. The summed E-state index contributed by atoms with van der Waals surface area (Å²) in [6.07, 6.45) is 0.303. The zero-order valence-corrected chi connectivity index (χ0v) is 18.2. The number of esters is 1. The monoisotopic (exact) mass is 453 g/mol. The minimum Gasteiger partial charge on any atom is -0.495 e. The first kappa shape index (κ1) is 21.4. The molecule has 3 amide bonds. The molecule has 4 rings (SSSR count). The third-order valence-electron chi connectivity index (χ3n) is 5.00. The summed E-state index contributed by atoms with van der Waals surface area (Å²) in [6, 6.07) is 11.6. The Morgan fingerprint density at radius 3 is 2.47 bits per heavy atom. The molecule has 1 saturated heterocycles. The van der Waals surface area contributed by atoms with E-state index in [0.29, 0.717) is 21.8 Å². The van der Waals surface area contributed by atoms with Crippen molar-refractivity contribution in [2.24, 2.45) is 4.99 Å². The fourth-order valence-electron chi connectivity index (χ4n) is 3.48. The van der Waals surface area contributed by atoms with Gasteiger partial charge in [-0.3, -0.25) is 24.1 Å². The Hall–Kier alpha value is -3.79. The molecule has 32 heavy (non-hydrogen) atoms. The lowest BCUT2D eigenvalue weighted by molar-refractivity contribution is -0.141. The van der Waals surface area contributed by atoms with Crippen LogP contribution in [0.25, 0.3) is 10.2 Å². The van der Waals surface area contributed by atoms with E-state index in [1.165, 1.54) is 31.6 Å². The Balaban J connectivity index is 1.79. The van der Waals surface area contributed by atoms with Crippen LogP contribution in [0, 0.1) is 0 Å². The van der Waals surface area contributed by atoms with E-state index in [1.807, 2.05) is 6.07 Å². The average Bonchev–Trinajstić information content (AvgIpc) is 3.32. The van der Waals surface area contributed by atoms with Gasteiger partial charge in [0.1, 0.15) is 17.8 Å². The van der Waals surface area contributed by atoms with E-state index in [9.17, 15) is 19.2 Å². The number of nitrogens with zero attached hydrogens (tertiary/aromatic N) is 3. The number of rotatable bonds is 5. The lowest BCUT2D eigenvalue weighted by Gasteiger charge is -2.14. The van der Waals surface area contributed by atoms with Crippen molar-refractivity contribution in [2.75, 3.05) is 19.1 Å². The maximum Gasteiger partial charge on any atom is 0.325 e. The molecule has 1 aromatic heterocycles. The highest BCUT2D eigenvalue weighted by atomic mass is 32.1. The Bertz CT molecular complexity index is 1310. The third kappa shape index (κ3) is 3.92. The zero-order chi connectivity index (χ0) is 22.8. The largest absolute Gasteiger partial charge is 0.495 e. The van der Waals surface area contributed by atoms with E-state index in [0.717, 1.165) is 9.60 Å². The number of thiazole rings is 1. The molecule has 2 aromatic carbocycles. The maximum absolute atomic E-state index is 13.0. The van der Waals surface area contributed by atoms with Crippen LogP contribution in [0.3, 0.4) is 0 Å². The molecule has 0 unspecified atom stereocenters. The van der Waals surface area contributed by atoms with Gasteiger partial charge in [-0.05, 0) is 30.3 Å². The maximum atomic E-state index is 13.0. The van der Waals surface area contributed by atoms with Gasteiger partial charge in [0.25, 0.3) is 5.91 Å². The van der Waals surface area contributed by atoms with Gasteiger partial charge in [-0.25, -0.2) is 0 Å². The van der Waals surface area contributed by atoms with Crippen molar-refractivity contribution in [2.45, 2.75) is 19.4 Å². The second kappa shape index (κ2) is 8.75. The van der Waals surface area contributed by atoms with E-state index in [-0.39, 0.29) is 36.8 Å². The first-order valence-corrected chi connectivity index (χ1v) is 10.5. The van der Waals surface area contributed by atoms with Crippen LogP contribution in [0.1, 0.15) is 23.2 Å². The van der Waals surface area contributed by atoms with Crippen LogP contribution in [0.5, 0.6) is 5.75 Å². The van der Waals surface area contributed by atoms with Gasteiger partial charge in [0, 0.05) is 18.4 Å². The van der Waals surface area contributed by atoms with E-state index >= 15 is 0 Å². The summed E-state index contributed by atoms with van der Waals surface area (Å²) in [6.45, 7) is -0.153. The number of imide groups is 1. The van der Waals surface area contributed by atoms with E-state index in [1.54, 1.807) is 34.9 Å². The molecule has 0 aliphatic carbocycles. The average molecular weight is 453 g/mol. The quantitative estimate of drug-likeness (QED) is 0.433. The summed E-state index contributed by atoms with van der Waals surface area (Å²) in [7, 11) is 2.80. The van der Waals surface area contributed by atoms with Gasteiger partial charge in [0.2, 0.25) is 11.8 Å². The zero-order valence-electron chi connectivity index (χ0n) is 17.4. The second-order valence-corrected chi connectivity index (χ2v) is 7.95. The number of carbonyl (C=O) groups excluding carboxylic acids is 4. The first-order valence-electron chi connectivity index (χ1n) is 9.71. The summed E-state index contributed by atoms with van der Waals surface area (Å²) in [5.41, 5.74) is 1.17. The minimum atomic E-state index is -0.574. The van der Waals surface area contributed by atoms with Gasteiger partial charge < -0.3 is 14.0 Å². The second-order valence-electron chi connectivity index (χ2n) is 6.94. The Morgan fingerprint density at radius 1 is 1.06 bits per heavy atom. The van der Waals surface area contributed by atoms with Crippen LogP contribution in [-0.2, 0) is 25.7 Å². The number of carbonyl (C=O) groups is 4. The highest BCUT2D eigenvalue weighted by Crippen LogP contribution is 2.28. The molecule has 1 aliphatic heterocycles. The summed E-state index contributed by atoms with van der Waals surface area (Å²) in [5, 5.41) is 0. The minimum absolute atomic E-state index is 0.151. The topological polar surface area (TPSA) is 107 Å². The summed E-state index contributed by atoms with van der Waals surface area (Å²) in [5.74, 6) is -1.15. The van der Waals surface area contributed by atoms with Crippen molar-refractivity contribution in [3.8, 4) is 5.75 Å². The molecule has 0 bridgehead atoms. The molecule has 1 aliphatic rings. The Morgan fingerprint density at radius 2 is 1.78 bits per heavy atom. The number of ether oxygens (including phenoxy) is 2. The number of anilines is 1. The van der Waals surface area contributed by atoms with Gasteiger partial charge in [0.15, 0.2) is 4.80 Å². The number of aromatic nitrogens is 1. The predicted octanol–water partition coefficient (Wildman–Crippen LogP) is 2.28. The van der Waals surface area contributed by atoms with Crippen LogP contribution < -0.4 is 14.4 Å². The molecule has 2 heterocycles. The fourth-order valence-corrected chi connectivity index (χ4v) is 4.53. The Kier molecular flexibility index (Phi) is 5.87. The smallest absolute Gasteiger partial charge is 0.325 e. The lowest BCUT2D eigenvalue weighted by atomic mass is 10.2. The van der Waals surface area contributed by atoms with Gasteiger partial charge in [-0.15, -0.1) is 0 Å². The predicted molar refractivity (Wildman–Crippen MR) is 116 cm³/mol. The standard InChI is InChI=1S/C22H19N3O6S/c1-30-15-7-4-8-16-20(15)24(12-19(28)31-2)22(32-16)23-21(29)13-5-3-6-14(11-13)25-17(26)9-10-18(25)27/h3-8,11H,9-10,12H2,1-2H3. The first-order chi connectivity index (χ1) is 15.4. The summed E-state index contributed by atoms with van der Waals surface area (Å²) < 4.78 is 12.6. The van der Waals surface area contributed by atoms with Gasteiger partial charge in [0.05, 0.1) is 24.6 Å². The van der Waals surface area contributed by atoms with Crippen LogP contribution in [0.2, 0.25) is 0 Å². The summed E-state index contributed by atoms with van der Waals surface area (Å²) >= 11 is 1.23. The number of amides is 3. The molecule has 1 fully saturated rings. The molecule has 0 radical (unpaired) electrons. The van der Waals surface area contributed by atoms with Gasteiger partial charge >= 0.3 is 5.97 Å². The highest BCUT2D eigenvalue weighted by Gasteiger charge is 2.30. The lowest BCUT2D eigenvalue weighted by Crippen LogP contribution is -2.28. The van der Waals surface area contributed by atoms with E-state index in [4.69, 9.17) is 9.47 Å². The molecule has 10 heteroatoms. The van der Waals surface area contributed by atoms with Crippen LogP contribution in [0.15, 0.2) is 47.5 Å². The van der Waals surface area contributed by atoms with Gasteiger partial charge in [-0.1, -0.05) is 23.5 Å². The van der Waals surface area contributed by atoms with Crippen molar-refractivity contribution in [3.05, 3.63) is 52.8 Å². The third-order valence-corrected chi connectivity index (χ3v) is 6.04. The van der Waals surface area contributed by atoms with Crippen molar-refractivity contribution in [3.63, 3.8) is 0 Å². The number of hydrogen-bond acceptors (Lipinski definition) is 7. The van der Waals surface area contributed by atoms with Gasteiger partial charge in [-0.2, -0.15) is 4.99 Å². The van der Waals surface area contributed by atoms with Crippen molar-refractivity contribution < 1.29 is 28.7 Å². The van der Waals surface area contributed by atoms with Crippen molar-refractivity contribution in [1.29, 1.82) is 0 Å². The van der Waals surface area contributed by atoms with Crippen LogP contribution in [0.4, 0.5) is 5.69 Å². The number of fused-ring (bicyclic) bond motifs is 1. The molecular formula is C22H19N3O6S. The Labute approximate surface area is 186 Å². The molecule has 0 N–H and O–H groups in total. The van der Waals surface area contributed by atoms with Crippen molar-refractivity contribution in [1.82, 2.24) is 4.57 Å². The molecule has 164 valence electrons. The van der Waals surface area contributed by atoms with Crippen molar-refractivity contribution >= 4 is 50.9 Å². The molecule has 3 aromatic rings. The van der Waals surface area contributed by atoms with E-state index < -0.39 is 11.9 Å². The SMILES string of the molecule is COC(=O)Cn1c(=NC(=O)c2cccc(N3C(=O)CCC3=O)c2)sc2cccc(OC)c21. The molecular weight excluding hydrogens is 434 g/mol.